The average molecular weight is 391 g/mol. The van der Waals surface area contributed by atoms with Gasteiger partial charge in [0, 0.05) is 17.3 Å². The molecule has 2 fully saturated rings. The largest absolute Gasteiger partial charge is 0.322 e. The van der Waals surface area contributed by atoms with Crippen LogP contribution in [-0.4, -0.2) is 23.9 Å². The Hall–Kier alpha value is -2.13. The van der Waals surface area contributed by atoms with Gasteiger partial charge in [-0.15, -0.1) is 0 Å². The molecule has 29 heavy (non-hydrogen) atoms. The summed E-state index contributed by atoms with van der Waals surface area (Å²) in [6.45, 7) is 4.63. The summed E-state index contributed by atoms with van der Waals surface area (Å²) in [4.78, 5) is 15.2. The molecule has 0 bridgehead atoms. The maximum Gasteiger partial charge on any atom is 0.255 e. The van der Waals surface area contributed by atoms with Gasteiger partial charge in [-0.05, 0) is 87.0 Å². The van der Waals surface area contributed by atoms with Crippen molar-refractivity contribution < 1.29 is 4.79 Å². The molecule has 4 rings (SSSR count). The molecule has 0 aromatic heterocycles. The highest BCUT2D eigenvalue weighted by Gasteiger charge is 2.19. The Bertz CT molecular complexity index is 784. The van der Waals surface area contributed by atoms with E-state index >= 15 is 0 Å². The third kappa shape index (κ3) is 5.08. The van der Waals surface area contributed by atoms with Crippen molar-refractivity contribution in [3.05, 3.63) is 65.2 Å². The summed E-state index contributed by atoms with van der Waals surface area (Å²) in [5.41, 5.74) is 4.30. The molecule has 2 aromatic carbocycles. The minimum absolute atomic E-state index is 0.0346. The Balaban J connectivity index is 1.35. The molecule has 0 spiro atoms. The smallest absolute Gasteiger partial charge is 0.255 e. The number of benzene rings is 2. The van der Waals surface area contributed by atoms with Gasteiger partial charge in [-0.25, -0.2) is 0 Å². The van der Waals surface area contributed by atoms with Gasteiger partial charge < -0.3 is 5.32 Å². The zero-order valence-electron chi connectivity index (χ0n) is 17.7. The van der Waals surface area contributed by atoms with Crippen LogP contribution in [0.3, 0.4) is 0 Å². The van der Waals surface area contributed by atoms with E-state index in [2.05, 4.69) is 53.5 Å². The lowest BCUT2D eigenvalue weighted by molar-refractivity contribution is 0.102. The molecule has 1 saturated heterocycles. The van der Waals surface area contributed by atoms with Crippen LogP contribution in [0.2, 0.25) is 0 Å². The number of nitrogens with zero attached hydrogens (tertiary/aromatic N) is 1. The van der Waals surface area contributed by atoms with Crippen LogP contribution in [0, 0.1) is 0 Å². The van der Waals surface area contributed by atoms with E-state index in [0.29, 0.717) is 12.0 Å². The number of nitrogens with one attached hydrogen (secondary N) is 1. The van der Waals surface area contributed by atoms with Crippen LogP contribution in [0.15, 0.2) is 48.5 Å². The molecule has 3 heteroatoms. The second-order valence-electron chi connectivity index (χ2n) is 8.81. The van der Waals surface area contributed by atoms with Crippen molar-refractivity contribution in [3.63, 3.8) is 0 Å². The Morgan fingerprint density at radius 2 is 1.48 bits per heavy atom. The number of hydrogen-bond acceptors (Lipinski definition) is 2. The Kier molecular flexibility index (Phi) is 6.66. The van der Waals surface area contributed by atoms with Gasteiger partial charge in [-0.1, -0.05) is 49.9 Å². The molecule has 2 aromatic rings. The number of anilines is 1. The zero-order chi connectivity index (χ0) is 20.1. The second-order valence-corrected chi connectivity index (χ2v) is 8.81. The average Bonchev–Trinajstić information content (AvgIpc) is 2.80. The number of amides is 1. The number of carbonyl (C=O) groups excluding carboxylic acids is 1. The van der Waals surface area contributed by atoms with Gasteiger partial charge in [-0.3, -0.25) is 9.69 Å². The van der Waals surface area contributed by atoms with E-state index < -0.39 is 0 Å². The Morgan fingerprint density at radius 1 is 0.862 bits per heavy atom. The highest BCUT2D eigenvalue weighted by Crippen LogP contribution is 2.33. The molecule has 1 atom stereocenters. The highest BCUT2D eigenvalue weighted by atomic mass is 16.1. The number of carbonyl (C=O) groups is 1. The molecular formula is C26H34N2O. The first-order chi connectivity index (χ1) is 14.2. The Labute approximate surface area is 175 Å². The fourth-order valence-corrected chi connectivity index (χ4v) is 4.91. The molecular weight excluding hydrogens is 356 g/mol. The zero-order valence-corrected chi connectivity index (χ0v) is 17.7. The first kappa shape index (κ1) is 20.2. The predicted molar refractivity (Wildman–Crippen MR) is 121 cm³/mol. The fraction of sp³-hybridized carbons (Fsp3) is 0.500. The van der Waals surface area contributed by atoms with Crippen molar-refractivity contribution >= 4 is 11.6 Å². The first-order valence-corrected chi connectivity index (χ1v) is 11.5. The van der Waals surface area contributed by atoms with Gasteiger partial charge in [0.2, 0.25) is 0 Å². The monoisotopic (exact) mass is 390 g/mol. The van der Waals surface area contributed by atoms with E-state index in [0.717, 1.165) is 11.3 Å². The molecule has 1 aliphatic carbocycles. The molecule has 1 unspecified atom stereocenters. The van der Waals surface area contributed by atoms with Crippen molar-refractivity contribution in [2.24, 2.45) is 0 Å². The molecule has 1 amide bonds. The highest BCUT2D eigenvalue weighted by molar-refractivity contribution is 6.04. The molecule has 0 radical (unpaired) electrons. The van der Waals surface area contributed by atoms with E-state index in [9.17, 15) is 4.79 Å². The van der Waals surface area contributed by atoms with Crippen LogP contribution < -0.4 is 5.32 Å². The second kappa shape index (κ2) is 9.58. The fourth-order valence-electron chi connectivity index (χ4n) is 4.91. The van der Waals surface area contributed by atoms with Crippen LogP contribution in [0.25, 0.3) is 0 Å². The quantitative estimate of drug-likeness (QED) is 0.629. The van der Waals surface area contributed by atoms with E-state index in [1.165, 1.54) is 75.6 Å². The summed E-state index contributed by atoms with van der Waals surface area (Å²) in [6.07, 6.45) is 10.6. The molecule has 1 saturated carbocycles. The van der Waals surface area contributed by atoms with Gasteiger partial charge in [0.05, 0.1) is 0 Å². The van der Waals surface area contributed by atoms with Gasteiger partial charge in [0.25, 0.3) is 5.91 Å². The van der Waals surface area contributed by atoms with Crippen LogP contribution in [0.5, 0.6) is 0 Å². The maximum absolute atomic E-state index is 12.7. The summed E-state index contributed by atoms with van der Waals surface area (Å²) < 4.78 is 0. The van der Waals surface area contributed by atoms with Crippen LogP contribution in [0.1, 0.15) is 91.7 Å². The van der Waals surface area contributed by atoms with Gasteiger partial charge in [-0.2, -0.15) is 0 Å². The topological polar surface area (TPSA) is 32.3 Å². The van der Waals surface area contributed by atoms with E-state index in [1.54, 1.807) is 0 Å². The molecule has 1 aliphatic heterocycles. The summed E-state index contributed by atoms with van der Waals surface area (Å²) >= 11 is 0. The minimum atomic E-state index is -0.0346. The van der Waals surface area contributed by atoms with Crippen LogP contribution in [-0.2, 0) is 0 Å². The standard InChI is InChI=1S/C26H34N2O/c1-20(28-18-6-3-7-19-28)21-10-12-24(13-11-21)26(29)27-25-16-14-23(15-17-25)22-8-4-2-5-9-22/h10-17,20,22H,2-9,18-19H2,1H3,(H,27,29). The van der Waals surface area contributed by atoms with Crippen LogP contribution >= 0.6 is 0 Å². The number of rotatable bonds is 5. The van der Waals surface area contributed by atoms with Gasteiger partial charge >= 0.3 is 0 Å². The Morgan fingerprint density at radius 3 is 2.14 bits per heavy atom. The van der Waals surface area contributed by atoms with E-state index in [4.69, 9.17) is 0 Å². The lowest BCUT2D eigenvalue weighted by Gasteiger charge is -2.32. The predicted octanol–water partition coefficient (Wildman–Crippen LogP) is 6.53. The number of piperidine rings is 1. The molecule has 1 heterocycles. The molecule has 154 valence electrons. The van der Waals surface area contributed by atoms with Crippen LogP contribution in [0.4, 0.5) is 5.69 Å². The summed E-state index contributed by atoms with van der Waals surface area (Å²) in [5.74, 6) is 0.663. The number of likely N-dealkylation sites (tertiary alicyclic amines) is 1. The van der Waals surface area contributed by atoms with Crippen molar-refractivity contribution in [1.82, 2.24) is 4.90 Å². The van der Waals surface area contributed by atoms with Crippen molar-refractivity contribution in [3.8, 4) is 0 Å². The van der Waals surface area contributed by atoms with Crippen molar-refractivity contribution in [2.45, 2.75) is 70.3 Å². The van der Waals surface area contributed by atoms with Crippen molar-refractivity contribution in [1.29, 1.82) is 0 Å². The third-order valence-corrected chi connectivity index (χ3v) is 6.84. The molecule has 1 N–H and O–H groups in total. The van der Waals surface area contributed by atoms with E-state index in [1.807, 2.05) is 12.1 Å². The third-order valence-electron chi connectivity index (χ3n) is 6.84. The lowest BCUT2D eigenvalue weighted by atomic mass is 9.84. The maximum atomic E-state index is 12.7. The summed E-state index contributed by atoms with van der Waals surface area (Å²) in [7, 11) is 0. The SMILES string of the molecule is CC(c1ccc(C(=O)Nc2ccc(C3CCCCC3)cc2)cc1)N1CCCCC1. The summed E-state index contributed by atoms with van der Waals surface area (Å²) in [5, 5.41) is 3.05. The normalized spacial score (nSPS) is 19.6. The minimum Gasteiger partial charge on any atom is -0.322 e. The summed E-state index contributed by atoms with van der Waals surface area (Å²) in [6, 6.07) is 17.0. The van der Waals surface area contributed by atoms with E-state index in [-0.39, 0.29) is 5.91 Å². The lowest BCUT2D eigenvalue weighted by Crippen LogP contribution is -2.32. The molecule has 3 nitrogen and oxygen atoms in total. The van der Waals surface area contributed by atoms with Crippen molar-refractivity contribution in [2.75, 3.05) is 18.4 Å². The van der Waals surface area contributed by atoms with Gasteiger partial charge in [0.1, 0.15) is 0 Å². The first-order valence-electron chi connectivity index (χ1n) is 11.5. The van der Waals surface area contributed by atoms with Gasteiger partial charge in [0.15, 0.2) is 0 Å². The molecule has 2 aliphatic rings. The number of hydrogen-bond donors (Lipinski definition) is 1.